The SMILES string of the molecule is Cc1ccc2c(c1)c1nccc(C)c1c1n2c2c(C)cccc2[n+]1C. The number of imidazole rings is 1. The first-order valence-electron chi connectivity index (χ1n) is 8.65. The van der Waals surface area contributed by atoms with Gasteiger partial charge < -0.3 is 0 Å². The summed E-state index contributed by atoms with van der Waals surface area (Å²) < 4.78 is 4.72. The topological polar surface area (TPSA) is 21.2 Å². The summed E-state index contributed by atoms with van der Waals surface area (Å²) in [4.78, 5) is 4.77. The third kappa shape index (κ3) is 1.75. The highest BCUT2D eigenvalue weighted by Crippen LogP contribution is 2.33. The molecule has 0 aliphatic heterocycles. The molecule has 0 saturated heterocycles. The van der Waals surface area contributed by atoms with Crippen molar-refractivity contribution < 1.29 is 4.57 Å². The molecule has 3 heteroatoms. The summed E-state index contributed by atoms with van der Waals surface area (Å²) in [5.74, 6) is 0. The van der Waals surface area contributed by atoms with Crippen LogP contribution in [0.3, 0.4) is 0 Å². The number of rotatable bonds is 0. The minimum absolute atomic E-state index is 1.09. The third-order valence-corrected chi connectivity index (χ3v) is 5.36. The van der Waals surface area contributed by atoms with Gasteiger partial charge in [-0.15, -0.1) is 0 Å². The van der Waals surface area contributed by atoms with Gasteiger partial charge in [0.25, 0.3) is 5.65 Å². The Morgan fingerprint density at radius 3 is 2.64 bits per heavy atom. The molecule has 3 heterocycles. The molecule has 0 unspecified atom stereocenters. The lowest BCUT2D eigenvalue weighted by molar-refractivity contribution is -0.617. The molecule has 3 aromatic heterocycles. The molecular weight excluding hydrogens is 306 g/mol. The average molecular weight is 326 g/mol. The number of aryl methyl sites for hydroxylation is 4. The molecule has 0 radical (unpaired) electrons. The number of aromatic nitrogens is 3. The number of para-hydroxylation sites is 1. The van der Waals surface area contributed by atoms with E-state index in [0.717, 1.165) is 5.52 Å². The zero-order valence-electron chi connectivity index (χ0n) is 15.0. The zero-order chi connectivity index (χ0) is 17.3. The van der Waals surface area contributed by atoms with E-state index < -0.39 is 0 Å². The van der Waals surface area contributed by atoms with Gasteiger partial charge in [-0.1, -0.05) is 23.8 Å². The van der Waals surface area contributed by atoms with Gasteiger partial charge in [-0.3, -0.25) is 4.98 Å². The Balaban J connectivity index is 2.29. The predicted octanol–water partition coefficient (Wildman–Crippen LogP) is 4.54. The lowest BCUT2D eigenvalue weighted by Crippen LogP contribution is -2.27. The Labute approximate surface area is 146 Å². The summed E-state index contributed by atoms with van der Waals surface area (Å²) in [6.07, 6.45) is 1.92. The van der Waals surface area contributed by atoms with E-state index >= 15 is 0 Å². The van der Waals surface area contributed by atoms with Crippen molar-refractivity contribution >= 4 is 38.5 Å². The van der Waals surface area contributed by atoms with E-state index in [2.05, 4.69) is 79.3 Å². The maximum atomic E-state index is 4.77. The van der Waals surface area contributed by atoms with Gasteiger partial charge in [0, 0.05) is 17.1 Å². The van der Waals surface area contributed by atoms with Crippen LogP contribution in [0.4, 0.5) is 0 Å². The first kappa shape index (κ1) is 14.4. The summed E-state index contributed by atoms with van der Waals surface area (Å²) in [6.45, 7) is 6.51. The molecule has 122 valence electrons. The Morgan fingerprint density at radius 1 is 0.960 bits per heavy atom. The van der Waals surface area contributed by atoms with Crippen LogP contribution in [0.2, 0.25) is 0 Å². The smallest absolute Gasteiger partial charge is 0.255 e. The van der Waals surface area contributed by atoms with Gasteiger partial charge in [-0.2, -0.15) is 4.40 Å². The summed E-state index contributed by atoms with van der Waals surface area (Å²) in [5, 5.41) is 2.45. The second-order valence-corrected chi connectivity index (χ2v) is 7.03. The van der Waals surface area contributed by atoms with Crippen LogP contribution in [0.1, 0.15) is 16.7 Å². The predicted molar refractivity (Wildman–Crippen MR) is 103 cm³/mol. The van der Waals surface area contributed by atoms with Crippen molar-refractivity contribution in [2.24, 2.45) is 7.05 Å². The van der Waals surface area contributed by atoms with Gasteiger partial charge >= 0.3 is 0 Å². The molecule has 5 rings (SSSR count). The van der Waals surface area contributed by atoms with Crippen LogP contribution in [-0.2, 0) is 7.05 Å². The first-order chi connectivity index (χ1) is 12.1. The van der Waals surface area contributed by atoms with Crippen molar-refractivity contribution in [3.63, 3.8) is 0 Å². The van der Waals surface area contributed by atoms with Crippen molar-refractivity contribution in [3.05, 3.63) is 65.4 Å². The van der Waals surface area contributed by atoms with Gasteiger partial charge in [-0.05, 0) is 50.6 Å². The molecule has 0 saturated carbocycles. The number of hydrogen-bond donors (Lipinski definition) is 0. The highest BCUT2D eigenvalue weighted by molar-refractivity contribution is 6.12. The van der Waals surface area contributed by atoms with E-state index in [9.17, 15) is 0 Å². The minimum atomic E-state index is 1.09. The number of pyridine rings is 2. The Kier molecular flexibility index (Phi) is 2.76. The molecule has 0 bridgehead atoms. The Hall–Kier alpha value is -2.94. The number of hydrogen-bond acceptors (Lipinski definition) is 1. The standard InChI is InChI=1S/C22H20N3/c1-13-8-9-17-16(12-13)20-19(14(2)10-11-23-20)22-24(4)18-7-5-6-15(3)21(18)25(17)22/h5-12H,1-4H3/q+1. The lowest BCUT2D eigenvalue weighted by atomic mass is 10.1. The number of benzene rings is 2. The minimum Gasteiger partial charge on any atom is -0.255 e. The van der Waals surface area contributed by atoms with Gasteiger partial charge in [0.1, 0.15) is 5.52 Å². The van der Waals surface area contributed by atoms with Crippen LogP contribution in [0.5, 0.6) is 0 Å². The van der Waals surface area contributed by atoms with Gasteiger partial charge in [0.15, 0.2) is 11.0 Å². The molecule has 0 amide bonds. The van der Waals surface area contributed by atoms with Crippen LogP contribution in [0.25, 0.3) is 38.5 Å². The summed E-state index contributed by atoms with van der Waals surface area (Å²) >= 11 is 0. The number of nitrogens with zero attached hydrogens (tertiary/aromatic N) is 3. The normalized spacial score (nSPS) is 12.0. The van der Waals surface area contributed by atoms with Crippen molar-refractivity contribution in [1.82, 2.24) is 9.38 Å². The third-order valence-electron chi connectivity index (χ3n) is 5.36. The maximum absolute atomic E-state index is 4.77. The van der Waals surface area contributed by atoms with E-state index in [4.69, 9.17) is 4.98 Å². The molecule has 3 nitrogen and oxygen atoms in total. The fourth-order valence-electron chi connectivity index (χ4n) is 4.17. The lowest BCUT2D eigenvalue weighted by Gasteiger charge is -2.07. The van der Waals surface area contributed by atoms with Gasteiger partial charge in [0.2, 0.25) is 0 Å². The van der Waals surface area contributed by atoms with Crippen LogP contribution in [0, 0.1) is 20.8 Å². The largest absolute Gasteiger partial charge is 0.297 e. The van der Waals surface area contributed by atoms with Gasteiger partial charge in [0.05, 0.1) is 18.0 Å². The van der Waals surface area contributed by atoms with Gasteiger partial charge in [-0.25, -0.2) is 4.57 Å². The second kappa shape index (κ2) is 4.79. The van der Waals surface area contributed by atoms with Crippen LogP contribution >= 0.6 is 0 Å². The Morgan fingerprint density at radius 2 is 1.80 bits per heavy atom. The quantitative estimate of drug-likeness (QED) is 0.302. The molecule has 0 aliphatic rings. The zero-order valence-corrected chi connectivity index (χ0v) is 15.0. The monoisotopic (exact) mass is 326 g/mol. The van der Waals surface area contributed by atoms with E-state index in [1.54, 1.807) is 0 Å². The van der Waals surface area contributed by atoms with Crippen molar-refractivity contribution in [3.8, 4) is 0 Å². The highest BCUT2D eigenvalue weighted by Gasteiger charge is 2.25. The fourth-order valence-corrected chi connectivity index (χ4v) is 4.17. The molecule has 25 heavy (non-hydrogen) atoms. The van der Waals surface area contributed by atoms with E-state index in [1.807, 2.05) is 6.20 Å². The van der Waals surface area contributed by atoms with E-state index in [0.29, 0.717) is 0 Å². The van der Waals surface area contributed by atoms with Crippen molar-refractivity contribution in [2.75, 3.05) is 0 Å². The molecular formula is C22H20N3+. The highest BCUT2D eigenvalue weighted by atomic mass is 15.1. The van der Waals surface area contributed by atoms with E-state index in [-0.39, 0.29) is 0 Å². The molecule has 2 aromatic carbocycles. The van der Waals surface area contributed by atoms with E-state index in [1.165, 1.54) is 49.7 Å². The Bertz CT molecular complexity index is 1330. The molecule has 0 atom stereocenters. The first-order valence-corrected chi connectivity index (χ1v) is 8.65. The molecule has 0 spiro atoms. The molecule has 0 N–H and O–H groups in total. The van der Waals surface area contributed by atoms with Crippen molar-refractivity contribution in [2.45, 2.75) is 20.8 Å². The molecule has 0 fully saturated rings. The summed E-state index contributed by atoms with van der Waals surface area (Å²) in [7, 11) is 2.16. The number of fused-ring (bicyclic) bond motifs is 8. The maximum Gasteiger partial charge on any atom is 0.297 e. The molecule has 0 aliphatic carbocycles. The second-order valence-electron chi connectivity index (χ2n) is 7.03. The average Bonchev–Trinajstić information content (AvgIpc) is 2.90. The van der Waals surface area contributed by atoms with Crippen LogP contribution in [0.15, 0.2) is 48.7 Å². The summed E-state index contributed by atoms with van der Waals surface area (Å²) in [5.41, 5.74) is 9.84. The summed E-state index contributed by atoms with van der Waals surface area (Å²) in [6, 6.07) is 15.3. The van der Waals surface area contributed by atoms with Crippen LogP contribution in [-0.4, -0.2) is 9.38 Å². The fraction of sp³-hybridized carbons (Fsp3) is 0.182. The van der Waals surface area contributed by atoms with Crippen LogP contribution < -0.4 is 4.57 Å². The van der Waals surface area contributed by atoms with Crippen molar-refractivity contribution in [1.29, 1.82) is 0 Å². The molecule has 5 aromatic rings.